The van der Waals surface area contributed by atoms with Crippen LogP contribution in [0.15, 0.2) is 30.3 Å². The molecule has 0 N–H and O–H groups in total. The molecule has 2 saturated heterocycles. The highest BCUT2D eigenvalue weighted by Gasteiger charge is 2.52. The van der Waals surface area contributed by atoms with Gasteiger partial charge in [0.2, 0.25) is 0 Å². The summed E-state index contributed by atoms with van der Waals surface area (Å²) in [6, 6.07) is 12.3. The lowest BCUT2D eigenvalue weighted by molar-refractivity contribution is -0.318. The van der Waals surface area contributed by atoms with Gasteiger partial charge in [0, 0.05) is 12.0 Å². The summed E-state index contributed by atoms with van der Waals surface area (Å²) in [7, 11) is -2.02. The second-order valence-electron chi connectivity index (χ2n) is 9.66. The van der Waals surface area contributed by atoms with Crippen LogP contribution >= 0.6 is 0 Å². The van der Waals surface area contributed by atoms with E-state index in [1.165, 1.54) is 0 Å². The van der Waals surface area contributed by atoms with E-state index >= 15 is 0 Å². The monoisotopic (exact) mass is 403 g/mol. The third-order valence-corrected chi connectivity index (χ3v) is 10.9. The summed E-state index contributed by atoms with van der Waals surface area (Å²) in [5, 5.41) is 9.49. The molecule has 2 aliphatic rings. The summed E-state index contributed by atoms with van der Waals surface area (Å²) in [6.45, 7) is 13.6. The number of benzene rings is 1. The lowest BCUT2D eigenvalue weighted by atomic mass is 9.86. The Morgan fingerprint density at radius 1 is 1.21 bits per heavy atom. The predicted octanol–water partition coefficient (Wildman–Crippen LogP) is 4.95. The lowest BCUT2D eigenvalue weighted by Gasteiger charge is -2.52. The first-order valence-corrected chi connectivity index (χ1v) is 13.0. The highest BCUT2D eigenvalue weighted by molar-refractivity contribution is 6.74. The molecule has 0 aliphatic carbocycles. The zero-order chi connectivity index (χ0) is 20.6. The summed E-state index contributed by atoms with van der Waals surface area (Å²) in [6.07, 6.45) is 0.140. The Hall–Kier alpha value is -1.23. The van der Waals surface area contributed by atoms with Crippen LogP contribution in [0, 0.1) is 11.3 Å². The number of hydrogen-bond acceptors (Lipinski definition) is 5. The summed E-state index contributed by atoms with van der Waals surface area (Å²) in [5.74, 6) is 0. The van der Waals surface area contributed by atoms with Gasteiger partial charge in [-0.1, -0.05) is 51.1 Å². The summed E-state index contributed by atoms with van der Waals surface area (Å²) < 4.78 is 25.4. The first-order chi connectivity index (χ1) is 13.1. The maximum atomic E-state index is 9.41. The molecule has 2 heterocycles. The van der Waals surface area contributed by atoms with E-state index in [2.05, 4.69) is 39.9 Å². The minimum absolute atomic E-state index is 0.0838. The lowest BCUT2D eigenvalue weighted by Crippen LogP contribution is -2.61. The SMILES string of the molecule is CC(C)(C)[Si](C)(C)O[C@H]1C[C@H]2O[C@@H](c3ccccc3)OC[C@@H]2O[C@]1(C)CC#N. The van der Waals surface area contributed by atoms with Gasteiger partial charge < -0.3 is 18.6 Å². The van der Waals surface area contributed by atoms with E-state index in [1.807, 2.05) is 37.3 Å². The molecule has 154 valence electrons. The average molecular weight is 404 g/mol. The fourth-order valence-corrected chi connectivity index (χ4v) is 4.99. The number of nitrogens with zero attached hydrogens (tertiary/aromatic N) is 1. The molecule has 1 aromatic rings. The molecule has 2 aliphatic heterocycles. The first kappa shape index (κ1) is 21.5. The van der Waals surface area contributed by atoms with Gasteiger partial charge in [0.05, 0.1) is 31.3 Å². The van der Waals surface area contributed by atoms with Crippen LogP contribution < -0.4 is 0 Å². The Labute approximate surface area is 170 Å². The van der Waals surface area contributed by atoms with Crippen molar-refractivity contribution in [2.75, 3.05) is 6.61 Å². The number of hydrogen-bond donors (Lipinski definition) is 0. The van der Waals surface area contributed by atoms with Crippen molar-refractivity contribution in [2.45, 2.75) is 88.9 Å². The second kappa shape index (κ2) is 7.89. The maximum Gasteiger partial charge on any atom is 0.192 e. The molecule has 28 heavy (non-hydrogen) atoms. The first-order valence-electron chi connectivity index (χ1n) is 10.1. The molecule has 5 nitrogen and oxygen atoms in total. The molecule has 5 atom stereocenters. The Morgan fingerprint density at radius 3 is 2.50 bits per heavy atom. The standard InChI is InChI=1S/C22H33NO4Si/c1-21(2,3)28(5,6)27-19-14-17-18(26-22(19,4)12-13-23)15-24-20(25-17)16-10-8-7-9-11-16/h7-11,17-20H,12,14-15H2,1-6H3/t17-,18+,19+,20+,22-/m1/s1. The molecule has 6 heteroatoms. The van der Waals surface area contributed by atoms with Crippen LogP contribution in [-0.2, 0) is 18.6 Å². The van der Waals surface area contributed by atoms with E-state index in [1.54, 1.807) is 0 Å². The molecular weight excluding hydrogens is 370 g/mol. The van der Waals surface area contributed by atoms with Crippen molar-refractivity contribution in [3.8, 4) is 6.07 Å². The molecule has 0 amide bonds. The quantitative estimate of drug-likeness (QED) is 0.666. The zero-order valence-electron chi connectivity index (χ0n) is 17.9. The number of fused-ring (bicyclic) bond motifs is 1. The van der Waals surface area contributed by atoms with E-state index in [0.717, 1.165) is 5.56 Å². The number of ether oxygens (including phenoxy) is 3. The second-order valence-corrected chi connectivity index (χ2v) is 14.4. The Balaban J connectivity index is 1.80. The van der Waals surface area contributed by atoms with Crippen molar-refractivity contribution < 1.29 is 18.6 Å². The van der Waals surface area contributed by atoms with Crippen molar-refractivity contribution in [3.05, 3.63) is 35.9 Å². The van der Waals surface area contributed by atoms with Gasteiger partial charge in [-0.2, -0.15) is 5.26 Å². The van der Waals surface area contributed by atoms with E-state index in [9.17, 15) is 5.26 Å². The molecule has 0 aromatic heterocycles. The Morgan fingerprint density at radius 2 is 1.89 bits per heavy atom. The van der Waals surface area contributed by atoms with Crippen LogP contribution in [0.5, 0.6) is 0 Å². The molecular formula is C22H33NO4Si. The highest BCUT2D eigenvalue weighted by Crippen LogP contribution is 2.44. The Bertz CT molecular complexity index is 711. The topological polar surface area (TPSA) is 60.7 Å². The van der Waals surface area contributed by atoms with E-state index in [4.69, 9.17) is 18.6 Å². The third kappa shape index (κ3) is 4.34. The van der Waals surface area contributed by atoms with Gasteiger partial charge in [-0.05, 0) is 25.1 Å². The summed E-state index contributed by atoms with van der Waals surface area (Å²) >= 11 is 0. The molecule has 0 radical (unpaired) electrons. The van der Waals surface area contributed by atoms with Crippen molar-refractivity contribution in [1.82, 2.24) is 0 Å². The fourth-order valence-electron chi connectivity index (χ4n) is 3.58. The smallest absolute Gasteiger partial charge is 0.192 e. The van der Waals surface area contributed by atoms with Crippen molar-refractivity contribution >= 4 is 8.32 Å². The van der Waals surface area contributed by atoms with Gasteiger partial charge in [0.1, 0.15) is 11.7 Å². The van der Waals surface area contributed by atoms with Crippen LogP contribution in [0.4, 0.5) is 0 Å². The van der Waals surface area contributed by atoms with Gasteiger partial charge in [0.15, 0.2) is 14.6 Å². The number of nitriles is 1. The predicted molar refractivity (Wildman–Crippen MR) is 110 cm³/mol. The molecule has 0 unspecified atom stereocenters. The van der Waals surface area contributed by atoms with Crippen LogP contribution in [0.3, 0.4) is 0 Å². The van der Waals surface area contributed by atoms with E-state index in [-0.39, 0.29) is 36.1 Å². The van der Waals surface area contributed by atoms with Crippen molar-refractivity contribution in [3.63, 3.8) is 0 Å². The van der Waals surface area contributed by atoms with E-state index < -0.39 is 13.9 Å². The van der Waals surface area contributed by atoms with Gasteiger partial charge in [-0.15, -0.1) is 0 Å². The van der Waals surface area contributed by atoms with Crippen LogP contribution in [0.2, 0.25) is 18.1 Å². The van der Waals surface area contributed by atoms with Crippen LogP contribution in [-0.4, -0.2) is 38.8 Å². The molecule has 0 bridgehead atoms. The average Bonchev–Trinajstić information content (AvgIpc) is 2.62. The van der Waals surface area contributed by atoms with Gasteiger partial charge >= 0.3 is 0 Å². The molecule has 0 spiro atoms. The highest BCUT2D eigenvalue weighted by atomic mass is 28.4. The van der Waals surface area contributed by atoms with Crippen molar-refractivity contribution in [1.29, 1.82) is 5.26 Å². The van der Waals surface area contributed by atoms with Gasteiger partial charge in [-0.25, -0.2) is 0 Å². The van der Waals surface area contributed by atoms with Crippen LogP contribution in [0.25, 0.3) is 0 Å². The normalized spacial score (nSPS) is 33.8. The molecule has 1 aromatic carbocycles. The minimum atomic E-state index is -2.02. The third-order valence-electron chi connectivity index (χ3n) is 6.42. The summed E-state index contributed by atoms with van der Waals surface area (Å²) in [4.78, 5) is 0. The molecule has 2 fully saturated rings. The van der Waals surface area contributed by atoms with E-state index in [0.29, 0.717) is 13.0 Å². The van der Waals surface area contributed by atoms with Gasteiger partial charge in [-0.3, -0.25) is 0 Å². The van der Waals surface area contributed by atoms with Crippen LogP contribution in [0.1, 0.15) is 52.4 Å². The van der Waals surface area contributed by atoms with Gasteiger partial charge in [0.25, 0.3) is 0 Å². The molecule has 0 saturated carbocycles. The largest absolute Gasteiger partial charge is 0.411 e. The maximum absolute atomic E-state index is 9.41. The zero-order valence-corrected chi connectivity index (χ0v) is 18.9. The Kier molecular flexibility index (Phi) is 6.05. The minimum Gasteiger partial charge on any atom is -0.411 e. The summed E-state index contributed by atoms with van der Waals surface area (Å²) in [5.41, 5.74) is 0.353. The molecule has 3 rings (SSSR count). The number of rotatable bonds is 4. The van der Waals surface area contributed by atoms with Crippen molar-refractivity contribution in [2.24, 2.45) is 0 Å². The fraction of sp³-hybridized carbons (Fsp3) is 0.682.